The maximum atomic E-state index is 5.91. The van der Waals surface area contributed by atoms with Crippen LogP contribution in [0.25, 0.3) is 0 Å². The molecule has 0 amide bonds. The predicted octanol–water partition coefficient (Wildman–Crippen LogP) is 2.46. The van der Waals surface area contributed by atoms with Crippen LogP contribution in [0.4, 0.5) is 11.8 Å². The maximum absolute atomic E-state index is 5.91. The van der Waals surface area contributed by atoms with Crippen molar-refractivity contribution in [2.24, 2.45) is 0 Å². The van der Waals surface area contributed by atoms with Crippen molar-refractivity contribution < 1.29 is 0 Å². The van der Waals surface area contributed by atoms with Gasteiger partial charge in [-0.25, -0.2) is 4.98 Å². The van der Waals surface area contributed by atoms with Crippen LogP contribution in [0.2, 0.25) is 0 Å². The van der Waals surface area contributed by atoms with E-state index in [2.05, 4.69) is 39.1 Å². The van der Waals surface area contributed by atoms with Gasteiger partial charge < -0.3 is 10.6 Å². The summed E-state index contributed by atoms with van der Waals surface area (Å²) in [5.41, 5.74) is 11.2. The molecule has 2 heterocycles. The molecular formula is C16H18N4. The molecule has 0 fully saturated rings. The van der Waals surface area contributed by atoms with E-state index in [0.29, 0.717) is 5.95 Å². The van der Waals surface area contributed by atoms with Crippen LogP contribution in [-0.4, -0.2) is 9.97 Å². The van der Waals surface area contributed by atoms with E-state index < -0.39 is 0 Å². The van der Waals surface area contributed by atoms with Crippen molar-refractivity contribution >= 4 is 11.8 Å². The summed E-state index contributed by atoms with van der Waals surface area (Å²) in [7, 11) is 0. The summed E-state index contributed by atoms with van der Waals surface area (Å²) in [5, 5.41) is 0. The fourth-order valence-corrected chi connectivity index (χ4v) is 3.34. The summed E-state index contributed by atoms with van der Waals surface area (Å²) in [6.07, 6.45) is 4.56. The molecule has 0 atom stereocenters. The first-order valence-corrected chi connectivity index (χ1v) is 7.28. The number of anilines is 2. The van der Waals surface area contributed by atoms with Gasteiger partial charge in [0, 0.05) is 18.7 Å². The third kappa shape index (κ3) is 1.83. The number of aromatic nitrogens is 2. The molecule has 1 aliphatic carbocycles. The fraction of sp³-hybridized carbons (Fsp3) is 0.375. The average molecular weight is 266 g/mol. The topological polar surface area (TPSA) is 55.0 Å². The molecule has 4 rings (SSSR count). The van der Waals surface area contributed by atoms with E-state index in [9.17, 15) is 0 Å². The van der Waals surface area contributed by atoms with Crippen LogP contribution in [0.3, 0.4) is 0 Å². The van der Waals surface area contributed by atoms with E-state index in [1.165, 1.54) is 29.5 Å². The predicted molar refractivity (Wildman–Crippen MR) is 79.4 cm³/mol. The minimum Gasteiger partial charge on any atom is -0.368 e. The van der Waals surface area contributed by atoms with Crippen molar-refractivity contribution in [1.82, 2.24) is 9.97 Å². The average Bonchev–Trinajstić information content (AvgIpc) is 2.90. The van der Waals surface area contributed by atoms with Gasteiger partial charge in [-0.2, -0.15) is 4.98 Å². The third-order valence-corrected chi connectivity index (χ3v) is 4.32. The number of hydrogen-bond acceptors (Lipinski definition) is 4. The molecule has 1 aromatic carbocycles. The summed E-state index contributed by atoms with van der Waals surface area (Å²) >= 11 is 0. The molecule has 1 aliphatic heterocycles. The van der Waals surface area contributed by atoms with Crippen molar-refractivity contribution in [1.29, 1.82) is 0 Å². The molecule has 4 heteroatoms. The quantitative estimate of drug-likeness (QED) is 0.861. The molecule has 0 bridgehead atoms. The molecule has 2 aliphatic rings. The van der Waals surface area contributed by atoms with Crippen LogP contribution >= 0.6 is 0 Å². The van der Waals surface area contributed by atoms with Crippen LogP contribution < -0.4 is 10.6 Å². The van der Waals surface area contributed by atoms with Crippen molar-refractivity contribution in [3.8, 4) is 0 Å². The Labute approximate surface area is 118 Å². The first kappa shape index (κ1) is 11.7. The lowest BCUT2D eigenvalue weighted by Crippen LogP contribution is -2.22. The number of nitrogen functional groups attached to an aromatic ring is 1. The molecule has 0 saturated carbocycles. The molecule has 1 aromatic heterocycles. The maximum Gasteiger partial charge on any atom is 0.222 e. The zero-order valence-electron chi connectivity index (χ0n) is 11.5. The fourth-order valence-electron chi connectivity index (χ4n) is 3.34. The summed E-state index contributed by atoms with van der Waals surface area (Å²) in [6, 6.07) is 8.61. The number of benzene rings is 1. The van der Waals surface area contributed by atoms with Gasteiger partial charge in [-0.15, -0.1) is 0 Å². The molecular weight excluding hydrogens is 248 g/mol. The standard InChI is InChI=1S/C16H18N4/c17-16-18-14-8-4-3-7-13(14)15(19-16)20-9-11-5-1-2-6-12(11)10-20/h1-2,5-6H,3-4,7-10H2,(H2,17,18,19). The van der Waals surface area contributed by atoms with Crippen molar-refractivity contribution in [2.75, 3.05) is 10.6 Å². The first-order chi connectivity index (χ1) is 9.81. The van der Waals surface area contributed by atoms with E-state index in [1.807, 2.05) is 0 Å². The van der Waals surface area contributed by atoms with E-state index >= 15 is 0 Å². The van der Waals surface area contributed by atoms with Crippen LogP contribution in [0, 0.1) is 0 Å². The molecule has 102 valence electrons. The van der Waals surface area contributed by atoms with E-state index in [4.69, 9.17) is 5.73 Å². The Morgan fingerprint density at radius 3 is 2.40 bits per heavy atom. The Bertz CT molecular complexity index is 641. The Kier molecular flexibility index (Phi) is 2.62. The number of fused-ring (bicyclic) bond motifs is 2. The monoisotopic (exact) mass is 266 g/mol. The Hall–Kier alpha value is -2.10. The lowest BCUT2D eigenvalue weighted by molar-refractivity contribution is 0.657. The summed E-state index contributed by atoms with van der Waals surface area (Å²) < 4.78 is 0. The molecule has 20 heavy (non-hydrogen) atoms. The Morgan fingerprint density at radius 1 is 0.950 bits per heavy atom. The lowest BCUT2D eigenvalue weighted by Gasteiger charge is -2.24. The third-order valence-electron chi connectivity index (χ3n) is 4.32. The van der Waals surface area contributed by atoms with Gasteiger partial charge in [0.2, 0.25) is 5.95 Å². The number of nitrogens with zero attached hydrogens (tertiary/aromatic N) is 3. The number of rotatable bonds is 1. The Balaban J connectivity index is 1.75. The second-order valence-electron chi connectivity index (χ2n) is 5.66. The molecule has 0 radical (unpaired) electrons. The molecule has 4 nitrogen and oxygen atoms in total. The van der Waals surface area contributed by atoms with E-state index in [-0.39, 0.29) is 0 Å². The van der Waals surface area contributed by atoms with Crippen LogP contribution in [0.5, 0.6) is 0 Å². The highest BCUT2D eigenvalue weighted by molar-refractivity contribution is 5.56. The number of nitrogens with two attached hydrogens (primary N) is 1. The van der Waals surface area contributed by atoms with Crippen molar-refractivity contribution in [3.63, 3.8) is 0 Å². The van der Waals surface area contributed by atoms with Crippen molar-refractivity contribution in [2.45, 2.75) is 38.8 Å². The van der Waals surface area contributed by atoms with Gasteiger partial charge >= 0.3 is 0 Å². The molecule has 0 saturated heterocycles. The van der Waals surface area contributed by atoms with E-state index in [1.54, 1.807) is 0 Å². The van der Waals surface area contributed by atoms with Gasteiger partial charge in [0.15, 0.2) is 0 Å². The summed E-state index contributed by atoms with van der Waals surface area (Å²) in [5.74, 6) is 1.47. The number of aryl methyl sites for hydroxylation is 1. The van der Waals surface area contributed by atoms with Crippen LogP contribution in [0.1, 0.15) is 35.2 Å². The molecule has 2 N–H and O–H groups in total. The van der Waals surface area contributed by atoms with Gasteiger partial charge in [-0.05, 0) is 36.8 Å². The molecule has 2 aromatic rings. The van der Waals surface area contributed by atoms with Gasteiger partial charge in [-0.1, -0.05) is 24.3 Å². The molecule has 0 unspecified atom stereocenters. The second kappa shape index (κ2) is 4.47. The van der Waals surface area contributed by atoms with Crippen molar-refractivity contribution in [3.05, 3.63) is 46.6 Å². The lowest BCUT2D eigenvalue weighted by atomic mass is 9.96. The second-order valence-corrected chi connectivity index (χ2v) is 5.66. The highest BCUT2D eigenvalue weighted by Gasteiger charge is 2.25. The van der Waals surface area contributed by atoms with Crippen LogP contribution in [-0.2, 0) is 25.9 Å². The van der Waals surface area contributed by atoms with Gasteiger partial charge in [0.05, 0.1) is 5.69 Å². The minimum absolute atomic E-state index is 0.414. The SMILES string of the molecule is Nc1nc2c(c(N3Cc4ccccc4C3)n1)CCCC2. The van der Waals surface area contributed by atoms with Gasteiger partial charge in [0.1, 0.15) is 5.82 Å². The highest BCUT2D eigenvalue weighted by Crippen LogP contribution is 2.33. The normalized spacial score (nSPS) is 16.9. The largest absolute Gasteiger partial charge is 0.368 e. The first-order valence-electron chi connectivity index (χ1n) is 7.28. The minimum atomic E-state index is 0.414. The zero-order valence-corrected chi connectivity index (χ0v) is 11.5. The van der Waals surface area contributed by atoms with Gasteiger partial charge in [0.25, 0.3) is 0 Å². The highest BCUT2D eigenvalue weighted by atomic mass is 15.2. The molecule has 0 spiro atoms. The van der Waals surface area contributed by atoms with Crippen LogP contribution in [0.15, 0.2) is 24.3 Å². The smallest absolute Gasteiger partial charge is 0.222 e. The Morgan fingerprint density at radius 2 is 1.65 bits per heavy atom. The van der Waals surface area contributed by atoms with E-state index in [0.717, 1.165) is 37.4 Å². The summed E-state index contributed by atoms with van der Waals surface area (Å²) in [4.78, 5) is 11.3. The number of hydrogen-bond donors (Lipinski definition) is 1. The summed E-state index contributed by atoms with van der Waals surface area (Å²) in [6.45, 7) is 1.86. The van der Waals surface area contributed by atoms with Gasteiger partial charge in [-0.3, -0.25) is 0 Å². The zero-order chi connectivity index (χ0) is 13.5.